The lowest BCUT2D eigenvalue weighted by Gasteiger charge is -1.99. The molecule has 0 aliphatic rings. The van der Waals surface area contributed by atoms with Gasteiger partial charge in [0.05, 0.1) is 0 Å². The smallest absolute Gasteiger partial charge is 0.254 e. The summed E-state index contributed by atoms with van der Waals surface area (Å²) in [6, 6.07) is 14.2. The van der Waals surface area contributed by atoms with Crippen molar-refractivity contribution in [2.24, 2.45) is 0 Å². The number of nitrogens with zero attached hydrogens (tertiary/aromatic N) is 2. The minimum atomic E-state index is 0.211. The summed E-state index contributed by atoms with van der Waals surface area (Å²) in [7, 11) is 0. The van der Waals surface area contributed by atoms with E-state index in [9.17, 15) is 10.2 Å². The van der Waals surface area contributed by atoms with Crippen molar-refractivity contribution in [1.29, 1.82) is 0 Å². The molecule has 3 aromatic rings. The Hall–Kier alpha value is -2.75. The maximum absolute atomic E-state index is 9.82. The van der Waals surface area contributed by atoms with E-state index in [2.05, 4.69) is 0 Å². The van der Waals surface area contributed by atoms with Gasteiger partial charge in [0.25, 0.3) is 6.33 Å². The topological polar surface area (TPSA) is 49.3 Å². The second kappa shape index (κ2) is 4.49. The Bertz CT molecular complexity index is 659. The van der Waals surface area contributed by atoms with E-state index in [4.69, 9.17) is 0 Å². The minimum absolute atomic E-state index is 0.211. The third-order valence-corrected chi connectivity index (χ3v) is 2.96. The van der Waals surface area contributed by atoms with Crippen molar-refractivity contribution in [3.8, 4) is 22.9 Å². The van der Waals surface area contributed by atoms with E-state index < -0.39 is 0 Å². The zero-order valence-corrected chi connectivity index (χ0v) is 10.1. The standard InChI is InChI=1S/C15H12N2O2/c18-14-7-3-1-5-12(14)16-9-10-17(11-16)13-6-2-4-8-15(13)19/h1-11H,(H-,18,19)/p+1. The molecule has 2 N–H and O–H groups in total. The molecule has 0 bridgehead atoms. The zero-order valence-electron chi connectivity index (χ0n) is 10.1. The van der Waals surface area contributed by atoms with Gasteiger partial charge >= 0.3 is 0 Å². The van der Waals surface area contributed by atoms with Gasteiger partial charge in [0.1, 0.15) is 12.4 Å². The van der Waals surface area contributed by atoms with E-state index in [0.717, 1.165) is 0 Å². The van der Waals surface area contributed by atoms with Crippen LogP contribution in [0.5, 0.6) is 11.5 Å². The van der Waals surface area contributed by atoms with Crippen LogP contribution in [-0.2, 0) is 0 Å². The van der Waals surface area contributed by atoms with Crippen molar-refractivity contribution >= 4 is 0 Å². The van der Waals surface area contributed by atoms with Crippen molar-refractivity contribution < 1.29 is 14.8 Å². The molecule has 19 heavy (non-hydrogen) atoms. The molecule has 2 aromatic carbocycles. The van der Waals surface area contributed by atoms with Crippen molar-refractivity contribution in [3.63, 3.8) is 0 Å². The average Bonchev–Trinajstić information content (AvgIpc) is 2.89. The lowest BCUT2D eigenvalue weighted by Crippen LogP contribution is -2.27. The van der Waals surface area contributed by atoms with Crippen molar-refractivity contribution in [2.45, 2.75) is 0 Å². The van der Waals surface area contributed by atoms with Gasteiger partial charge in [0, 0.05) is 0 Å². The summed E-state index contributed by atoms with van der Waals surface area (Å²) in [6.45, 7) is 0. The summed E-state index contributed by atoms with van der Waals surface area (Å²) in [6.07, 6.45) is 5.44. The highest BCUT2D eigenvalue weighted by Crippen LogP contribution is 2.20. The second-order valence-electron chi connectivity index (χ2n) is 4.21. The van der Waals surface area contributed by atoms with Crippen LogP contribution >= 0.6 is 0 Å². The van der Waals surface area contributed by atoms with E-state index in [1.54, 1.807) is 39.7 Å². The molecule has 0 radical (unpaired) electrons. The van der Waals surface area contributed by atoms with Gasteiger partial charge in [0.2, 0.25) is 0 Å². The molecule has 4 heteroatoms. The molecule has 94 valence electrons. The first-order chi connectivity index (χ1) is 9.25. The van der Waals surface area contributed by atoms with Gasteiger partial charge in [-0.3, -0.25) is 0 Å². The van der Waals surface area contributed by atoms with Gasteiger partial charge < -0.3 is 10.2 Å². The summed E-state index contributed by atoms with van der Waals surface area (Å²) in [5, 5.41) is 19.6. The predicted octanol–water partition coefficient (Wildman–Crippen LogP) is 2.17. The highest BCUT2D eigenvalue weighted by Gasteiger charge is 2.13. The Morgan fingerprint density at radius 2 is 1.53 bits per heavy atom. The quantitative estimate of drug-likeness (QED) is 0.688. The van der Waals surface area contributed by atoms with Crippen LogP contribution in [0.2, 0.25) is 0 Å². The maximum atomic E-state index is 9.82. The lowest BCUT2D eigenvalue weighted by atomic mass is 10.3. The molecule has 0 aliphatic carbocycles. The molecular weight excluding hydrogens is 240 g/mol. The average molecular weight is 253 g/mol. The van der Waals surface area contributed by atoms with Gasteiger partial charge in [-0.2, -0.15) is 9.13 Å². The molecule has 0 unspecified atom stereocenters. The summed E-state index contributed by atoms with van der Waals surface area (Å²) < 4.78 is 3.59. The molecule has 1 aromatic heterocycles. The number of para-hydroxylation sites is 4. The number of aromatic hydroxyl groups is 2. The van der Waals surface area contributed by atoms with E-state index in [-0.39, 0.29) is 11.5 Å². The van der Waals surface area contributed by atoms with Crippen LogP contribution in [-0.4, -0.2) is 14.8 Å². The number of hydrogen-bond acceptors (Lipinski definition) is 2. The molecule has 1 heterocycles. The monoisotopic (exact) mass is 253 g/mol. The third-order valence-electron chi connectivity index (χ3n) is 2.96. The maximum Gasteiger partial charge on any atom is 0.254 e. The molecule has 0 atom stereocenters. The van der Waals surface area contributed by atoms with Crippen molar-refractivity contribution in [2.75, 3.05) is 0 Å². The van der Waals surface area contributed by atoms with Crippen molar-refractivity contribution in [3.05, 3.63) is 67.3 Å². The number of aromatic nitrogens is 2. The predicted molar refractivity (Wildman–Crippen MR) is 70.6 cm³/mol. The number of rotatable bonds is 2. The Morgan fingerprint density at radius 3 is 2.26 bits per heavy atom. The Morgan fingerprint density at radius 1 is 0.842 bits per heavy atom. The number of imidazole rings is 1. The van der Waals surface area contributed by atoms with Crippen LogP contribution in [0.4, 0.5) is 0 Å². The highest BCUT2D eigenvalue weighted by atomic mass is 16.3. The summed E-state index contributed by atoms with van der Waals surface area (Å²) in [4.78, 5) is 0. The van der Waals surface area contributed by atoms with Gasteiger partial charge in [-0.05, 0) is 24.3 Å². The SMILES string of the molecule is Oc1ccccc1-n1cc[n+](-c2ccccc2O)c1. The largest absolute Gasteiger partial charge is 0.504 e. The van der Waals surface area contributed by atoms with E-state index >= 15 is 0 Å². The number of phenolic OH excluding ortho intramolecular Hbond substituents is 2. The minimum Gasteiger partial charge on any atom is -0.504 e. The molecule has 0 fully saturated rings. The summed E-state index contributed by atoms with van der Waals surface area (Å²) in [5.74, 6) is 0.421. The Labute approximate surface area is 110 Å². The third kappa shape index (κ3) is 2.04. The number of phenols is 2. The van der Waals surface area contributed by atoms with Gasteiger partial charge in [-0.1, -0.05) is 24.3 Å². The fourth-order valence-corrected chi connectivity index (χ4v) is 2.00. The molecule has 0 spiro atoms. The van der Waals surface area contributed by atoms with E-state index in [0.29, 0.717) is 11.4 Å². The summed E-state index contributed by atoms with van der Waals surface area (Å²) in [5.41, 5.74) is 1.38. The molecule has 3 rings (SSSR count). The molecule has 0 saturated carbocycles. The normalized spacial score (nSPS) is 10.5. The first-order valence-corrected chi connectivity index (χ1v) is 5.92. The van der Waals surface area contributed by atoms with Crippen LogP contribution in [0.25, 0.3) is 11.4 Å². The highest BCUT2D eigenvalue weighted by molar-refractivity contribution is 5.45. The lowest BCUT2D eigenvalue weighted by molar-refractivity contribution is -0.595. The van der Waals surface area contributed by atoms with Crippen LogP contribution in [0.1, 0.15) is 0 Å². The first kappa shape index (κ1) is 11.3. The van der Waals surface area contributed by atoms with Gasteiger partial charge in [-0.15, -0.1) is 0 Å². The van der Waals surface area contributed by atoms with Crippen LogP contribution in [0.15, 0.2) is 67.3 Å². The summed E-state index contributed by atoms with van der Waals surface area (Å²) >= 11 is 0. The van der Waals surface area contributed by atoms with Crippen LogP contribution in [0.3, 0.4) is 0 Å². The first-order valence-electron chi connectivity index (χ1n) is 5.92. The van der Waals surface area contributed by atoms with Crippen LogP contribution < -0.4 is 4.57 Å². The van der Waals surface area contributed by atoms with Gasteiger partial charge in [0.15, 0.2) is 22.9 Å². The molecule has 4 nitrogen and oxygen atoms in total. The van der Waals surface area contributed by atoms with Gasteiger partial charge in [-0.25, -0.2) is 0 Å². The van der Waals surface area contributed by atoms with E-state index in [1.165, 1.54) is 0 Å². The second-order valence-corrected chi connectivity index (χ2v) is 4.21. The Kier molecular flexibility index (Phi) is 2.68. The number of benzene rings is 2. The molecule has 0 aliphatic heterocycles. The Balaban J connectivity index is 2.06. The fraction of sp³-hybridized carbons (Fsp3) is 0. The fourth-order valence-electron chi connectivity index (χ4n) is 2.00. The van der Waals surface area contributed by atoms with Crippen molar-refractivity contribution in [1.82, 2.24) is 4.57 Å². The zero-order chi connectivity index (χ0) is 13.2. The molecular formula is C15H13N2O2+. The van der Waals surface area contributed by atoms with Crippen LogP contribution in [0, 0.1) is 0 Å². The molecule has 0 amide bonds. The van der Waals surface area contributed by atoms with E-state index in [1.807, 2.05) is 36.7 Å². The number of hydrogen-bond donors (Lipinski definition) is 2. The molecule has 0 saturated heterocycles.